The van der Waals surface area contributed by atoms with Gasteiger partial charge in [-0.3, -0.25) is 4.99 Å². The highest BCUT2D eigenvalue weighted by Crippen LogP contribution is 2.22. The molecule has 80 valence electrons. The van der Waals surface area contributed by atoms with E-state index in [0.29, 0.717) is 5.84 Å². The van der Waals surface area contributed by atoms with Crippen LogP contribution < -0.4 is 11.5 Å². The van der Waals surface area contributed by atoms with E-state index in [1.165, 1.54) is 12.8 Å². The monoisotopic (exact) mass is 195 g/mol. The van der Waals surface area contributed by atoms with Crippen molar-refractivity contribution in [2.24, 2.45) is 16.5 Å². The molecule has 3 nitrogen and oxygen atoms in total. The van der Waals surface area contributed by atoms with E-state index in [-0.39, 0.29) is 5.54 Å². The third-order valence-corrected chi connectivity index (χ3v) is 2.28. The lowest BCUT2D eigenvalue weighted by Crippen LogP contribution is -2.26. The third kappa shape index (κ3) is 3.05. The molecular weight excluding hydrogens is 174 g/mol. The number of aliphatic imine (C=N–C) groups is 1. The summed E-state index contributed by atoms with van der Waals surface area (Å²) >= 11 is 0. The topological polar surface area (TPSA) is 64.4 Å². The summed E-state index contributed by atoms with van der Waals surface area (Å²) in [5, 5.41) is 0. The van der Waals surface area contributed by atoms with Gasteiger partial charge in [0.05, 0.1) is 5.54 Å². The maximum absolute atomic E-state index is 5.94. The van der Waals surface area contributed by atoms with Crippen molar-refractivity contribution >= 4 is 5.84 Å². The Kier molecular flexibility index (Phi) is 3.19. The molecule has 0 fully saturated rings. The van der Waals surface area contributed by atoms with E-state index in [1.807, 2.05) is 20.8 Å². The summed E-state index contributed by atoms with van der Waals surface area (Å²) in [7, 11) is 0. The lowest BCUT2D eigenvalue weighted by atomic mass is 9.95. The Morgan fingerprint density at radius 2 is 1.79 bits per heavy atom. The zero-order valence-corrected chi connectivity index (χ0v) is 9.43. The number of hydrogen-bond acceptors (Lipinski definition) is 2. The van der Waals surface area contributed by atoms with E-state index in [4.69, 9.17) is 11.5 Å². The first-order valence-corrected chi connectivity index (χ1v) is 5.23. The zero-order valence-electron chi connectivity index (χ0n) is 9.43. The van der Waals surface area contributed by atoms with Crippen molar-refractivity contribution in [2.45, 2.75) is 52.0 Å². The third-order valence-electron chi connectivity index (χ3n) is 2.28. The van der Waals surface area contributed by atoms with Crippen LogP contribution in [0.3, 0.4) is 0 Å². The van der Waals surface area contributed by atoms with E-state index in [2.05, 4.69) is 4.99 Å². The Balaban J connectivity index is 2.88. The van der Waals surface area contributed by atoms with Crippen molar-refractivity contribution in [3.63, 3.8) is 0 Å². The van der Waals surface area contributed by atoms with Crippen molar-refractivity contribution in [1.29, 1.82) is 0 Å². The first-order chi connectivity index (χ1) is 6.40. The van der Waals surface area contributed by atoms with Gasteiger partial charge >= 0.3 is 0 Å². The maximum atomic E-state index is 5.94. The molecule has 0 aromatic carbocycles. The lowest BCUT2D eigenvalue weighted by molar-refractivity contribution is 0.581. The van der Waals surface area contributed by atoms with Crippen molar-refractivity contribution < 1.29 is 0 Å². The lowest BCUT2D eigenvalue weighted by Gasteiger charge is -2.20. The van der Waals surface area contributed by atoms with Crippen LogP contribution in [0.2, 0.25) is 0 Å². The van der Waals surface area contributed by atoms with Crippen molar-refractivity contribution in [2.75, 3.05) is 0 Å². The van der Waals surface area contributed by atoms with Crippen LogP contribution in [0.5, 0.6) is 0 Å². The van der Waals surface area contributed by atoms with Crippen LogP contribution in [-0.2, 0) is 0 Å². The van der Waals surface area contributed by atoms with Gasteiger partial charge in [0.1, 0.15) is 5.84 Å². The number of hydrogen-bond donors (Lipinski definition) is 2. The summed E-state index contributed by atoms with van der Waals surface area (Å²) in [6.07, 6.45) is 4.31. The molecular formula is C11H21N3. The standard InChI is InChI=1S/C11H21N3/c1-11(2,3)14-10(13)8-6-4-5-7-9(8)12/h4-7,12H2,1-3H3,(H2,13,14). The van der Waals surface area contributed by atoms with Gasteiger partial charge in [-0.1, -0.05) is 0 Å². The van der Waals surface area contributed by atoms with Crippen LogP contribution in [0, 0.1) is 0 Å². The summed E-state index contributed by atoms with van der Waals surface area (Å²) in [5.74, 6) is 0.634. The minimum Gasteiger partial charge on any atom is -0.402 e. The summed E-state index contributed by atoms with van der Waals surface area (Å²) in [6, 6.07) is 0. The molecule has 0 atom stereocenters. The molecule has 0 heterocycles. The minimum atomic E-state index is -0.116. The van der Waals surface area contributed by atoms with Gasteiger partial charge in [-0.15, -0.1) is 0 Å². The van der Waals surface area contributed by atoms with Crippen molar-refractivity contribution in [1.82, 2.24) is 0 Å². The van der Waals surface area contributed by atoms with Crippen molar-refractivity contribution in [3.8, 4) is 0 Å². The van der Waals surface area contributed by atoms with Crippen LogP contribution in [0.4, 0.5) is 0 Å². The molecule has 0 aromatic rings. The molecule has 0 bridgehead atoms. The fraction of sp³-hybridized carbons (Fsp3) is 0.727. The number of rotatable bonds is 1. The predicted octanol–water partition coefficient (Wildman–Crippen LogP) is 1.93. The Bertz CT molecular complexity index is 269. The second-order valence-corrected chi connectivity index (χ2v) is 4.88. The molecule has 0 radical (unpaired) electrons. The molecule has 14 heavy (non-hydrogen) atoms. The molecule has 0 saturated carbocycles. The second kappa shape index (κ2) is 4.03. The van der Waals surface area contributed by atoms with E-state index in [0.717, 1.165) is 24.1 Å². The normalized spacial score (nSPS) is 20.1. The number of allylic oxidation sites excluding steroid dienone is 1. The maximum Gasteiger partial charge on any atom is 0.123 e. The Morgan fingerprint density at radius 3 is 2.29 bits per heavy atom. The molecule has 0 amide bonds. The fourth-order valence-corrected chi connectivity index (χ4v) is 1.65. The molecule has 0 saturated heterocycles. The van der Waals surface area contributed by atoms with Gasteiger partial charge in [0, 0.05) is 11.3 Å². The van der Waals surface area contributed by atoms with Gasteiger partial charge in [0.2, 0.25) is 0 Å². The Morgan fingerprint density at radius 1 is 1.21 bits per heavy atom. The smallest absolute Gasteiger partial charge is 0.123 e. The van der Waals surface area contributed by atoms with Crippen LogP contribution in [0.25, 0.3) is 0 Å². The number of nitrogens with two attached hydrogens (primary N) is 2. The number of nitrogens with zero attached hydrogens (tertiary/aromatic N) is 1. The van der Waals surface area contributed by atoms with Crippen LogP contribution in [0.15, 0.2) is 16.3 Å². The average molecular weight is 195 g/mol. The molecule has 1 rings (SSSR count). The quantitative estimate of drug-likeness (QED) is 0.496. The van der Waals surface area contributed by atoms with Gasteiger partial charge in [0.25, 0.3) is 0 Å². The predicted molar refractivity (Wildman–Crippen MR) is 61.1 cm³/mol. The fourth-order valence-electron chi connectivity index (χ4n) is 1.65. The van der Waals surface area contributed by atoms with Gasteiger partial charge < -0.3 is 11.5 Å². The Hall–Kier alpha value is -0.990. The highest BCUT2D eigenvalue weighted by molar-refractivity contribution is 5.97. The number of amidine groups is 1. The van der Waals surface area contributed by atoms with Crippen molar-refractivity contribution in [3.05, 3.63) is 11.3 Å². The molecule has 4 N–H and O–H groups in total. The average Bonchev–Trinajstić information content (AvgIpc) is 2.01. The van der Waals surface area contributed by atoms with Crippen LogP contribution >= 0.6 is 0 Å². The van der Waals surface area contributed by atoms with Gasteiger partial charge in [-0.2, -0.15) is 0 Å². The highest BCUT2D eigenvalue weighted by atomic mass is 14.9. The van der Waals surface area contributed by atoms with Gasteiger partial charge in [-0.25, -0.2) is 0 Å². The molecule has 1 aliphatic carbocycles. The van der Waals surface area contributed by atoms with Gasteiger partial charge in [0.15, 0.2) is 0 Å². The SMILES string of the molecule is CC(C)(C)N=C(N)C1=C(N)CCCC1. The Labute approximate surface area is 86.3 Å². The molecule has 3 heteroatoms. The summed E-state index contributed by atoms with van der Waals surface area (Å²) in [6.45, 7) is 6.12. The highest BCUT2D eigenvalue weighted by Gasteiger charge is 2.16. The summed E-state index contributed by atoms with van der Waals surface area (Å²) in [5.41, 5.74) is 13.7. The first kappa shape index (κ1) is 11.1. The van der Waals surface area contributed by atoms with Gasteiger partial charge in [-0.05, 0) is 46.5 Å². The zero-order chi connectivity index (χ0) is 10.8. The second-order valence-electron chi connectivity index (χ2n) is 4.88. The first-order valence-electron chi connectivity index (χ1n) is 5.23. The van der Waals surface area contributed by atoms with E-state index in [9.17, 15) is 0 Å². The molecule has 1 aliphatic rings. The molecule has 0 aromatic heterocycles. The van der Waals surface area contributed by atoms with E-state index in [1.54, 1.807) is 0 Å². The van der Waals surface area contributed by atoms with E-state index >= 15 is 0 Å². The molecule has 0 aliphatic heterocycles. The summed E-state index contributed by atoms with van der Waals surface area (Å²) in [4.78, 5) is 4.44. The molecule has 0 unspecified atom stereocenters. The molecule has 0 spiro atoms. The largest absolute Gasteiger partial charge is 0.402 e. The van der Waals surface area contributed by atoms with E-state index < -0.39 is 0 Å². The minimum absolute atomic E-state index is 0.116. The van der Waals surface area contributed by atoms with Crippen LogP contribution in [-0.4, -0.2) is 11.4 Å². The van der Waals surface area contributed by atoms with Crippen LogP contribution in [0.1, 0.15) is 46.5 Å². The summed E-state index contributed by atoms with van der Waals surface area (Å²) < 4.78 is 0.